The zero-order valence-corrected chi connectivity index (χ0v) is 27.3. The van der Waals surface area contributed by atoms with Gasteiger partial charge in [-0.3, -0.25) is 19.2 Å². The molecule has 4 rings (SSSR count). The number of carboxylic acid groups (broad SMARTS) is 1. The van der Waals surface area contributed by atoms with Gasteiger partial charge in [-0.15, -0.1) is 0 Å². The molecule has 0 bridgehead atoms. The molecule has 1 aliphatic carbocycles. The van der Waals surface area contributed by atoms with Crippen molar-refractivity contribution in [3.05, 3.63) is 89.5 Å². The van der Waals surface area contributed by atoms with Crippen LogP contribution in [0.1, 0.15) is 55.7 Å². The van der Waals surface area contributed by atoms with Gasteiger partial charge in [-0.1, -0.05) is 60.7 Å². The van der Waals surface area contributed by atoms with Crippen molar-refractivity contribution in [2.24, 2.45) is 11.1 Å². The van der Waals surface area contributed by atoms with Crippen LogP contribution in [0.15, 0.2) is 72.8 Å². The van der Waals surface area contributed by atoms with Crippen LogP contribution in [0.4, 0.5) is 10.5 Å². The average Bonchev–Trinajstić information content (AvgIpc) is 3.38. The number of benzene rings is 3. The lowest BCUT2D eigenvalue weighted by atomic mass is 9.84. The molecule has 12 heteroatoms. The van der Waals surface area contributed by atoms with Crippen molar-refractivity contribution < 1.29 is 38.6 Å². The van der Waals surface area contributed by atoms with E-state index in [-0.39, 0.29) is 31.4 Å². The summed E-state index contributed by atoms with van der Waals surface area (Å²) in [4.78, 5) is 61.7. The summed E-state index contributed by atoms with van der Waals surface area (Å²) in [5.74, 6) is -2.83. The van der Waals surface area contributed by atoms with E-state index in [1.807, 2.05) is 48.5 Å². The second-order valence-electron chi connectivity index (χ2n) is 12.5. The van der Waals surface area contributed by atoms with Crippen molar-refractivity contribution in [3.63, 3.8) is 0 Å². The molecule has 0 aromatic heterocycles. The summed E-state index contributed by atoms with van der Waals surface area (Å²) < 4.78 is 10.2. The third-order valence-corrected chi connectivity index (χ3v) is 8.33. The van der Waals surface area contributed by atoms with Crippen molar-refractivity contribution in [1.29, 1.82) is 0 Å². The molecule has 0 saturated carbocycles. The van der Waals surface area contributed by atoms with Crippen LogP contribution in [-0.4, -0.2) is 67.3 Å². The number of hydrogen-bond acceptors (Lipinski definition) is 8. The minimum absolute atomic E-state index is 0.0403. The Bertz CT molecular complexity index is 1590. The molecular weight excluding hydrogens is 616 g/mol. The fourth-order valence-electron chi connectivity index (χ4n) is 5.75. The number of fused-ring (bicyclic) bond motifs is 3. The Morgan fingerprint density at radius 2 is 1.52 bits per heavy atom. The van der Waals surface area contributed by atoms with E-state index in [0.29, 0.717) is 18.5 Å². The van der Waals surface area contributed by atoms with Crippen LogP contribution >= 0.6 is 0 Å². The first kappa shape index (κ1) is 35.6. The summed E-state index contributed by atoms with van der Waals surface area (Å²) in [6.45, 7) is 2.91. The van der Waals surface area contributed by atoms with E-state index in [9.17, 15) is 29.1 Å². The summed E-state index contributed by atoms with van der Waals surface area (Å²) in [7, 11) is 1.22. The van der Waals surface area contributed by atoms with Gasteiger partial charge in [0.05, 0.1) is 19.1 Å². The average molecular weight is 659 g/mol. The van der Waals surface area contributed by atoms with Crippen molar-refractivity contribution in [1.82, 2.24) is 10.6 Å². The van der Waals surface area contributed by atoms with E-state index in [4.69, 9.17) is 10.5 Å². The number of amides is 3. The molecule has 3 aromatic rings. The van der Waals surface area contributed by atoms with Crippen LogP contribution in [0.3, 0.4) is 0 Å². The molecule has 0 heterocycles. The van der Waals surface area contributed by atoms with Crippen LogP contribution < -0.4 is 21.7 Å². The largest absolute Gasteiger partial charge is 0.481 e. The van der Waals surface area contributed by atoms with E-state index in [1.165, 1.54) is 7.11 Å². The van der Waals surface area contributed by atoms with Gasteiger partial charge in [-0.25, -0.2) is 4.79 Å². The fraction of sp³-hybridized carbons (Fsp3) is 0.361. The number of aliphatic carboxylic acids is 1. The van der Waals surface area contributed by atoms with E-state index < -0.39 is 47.8 Å². The lowest BCUT2D eigenvalue weighted by Crippen LogP contribution is -2.48. The molecule has 2 unspecified atom stereocenters. The molecule has 254 valence electrons. The topological polar surface area (TPSA) is 186 Å². The standard InChI is InChI=1S/C36H42N4O8/c1-36(2,34(44)45)19-23(37)18-22-12-14-24(15-13-22)39-31(41)20-38-33(43)30(16-17-32(42)47-3)40-35(46)48-21-29-27-10-6-4-8-25(27)26-9-5-7-11-28(26)29/h4-15,23,29-30H,16-21,37H2,1-3H3,(H,38,43)(H,39,41)(H,40,46)(H,44,45). The van der Waals surface area contributed by atoms with Crippen molar-refractivity contribution in [2.45, 2.75) is 57.5 Å². The van der Waals surface area contributed by atoms with Gasteiger partial charge in [0.1, 0.15) is 12.6 Å². The number of methoxy groups -OCH3 is 1. The number of carbonyl (C=O) groups excluding carboxylic acids is 4. The normalized spacial score (nSPS) is 13.3. The number of carbonyl (C=O) groups is 5. The number of rotatable bonds is 15. The molecule has 48 heavy (non-hydrogen) atoms. The highest BCUT2D eigenvalue weighted by molar-refractivity contribution is 5.96. The summed E-state index contributed by atoms with van der Waals surface area (Å²) in [5, 5.41) is 17.1. The van der Waals surface area contributed by atoms with E-state index in [1.54, 1.807) is 38.1 Å². The highest BCUT2D eigenvalue weighted by Gasteiger charge is 2.31. The number of esters is 1. The van der Waals surface area contributed by atoms with Gasteiger partial charge >= 0.3 is 18.0 Å². The van der Waals surface area contributed by atoms with Gasteiger partial charge in [0.25, 0.3) is 0 Å². The number of nitrogens with two attached hydrogens (primary N) is 1. The molecule has 3 aromatic carbocycles. The molecule has 6 N–H and O–H groups in total. The zero-order chi connectivity index (χ0) is 34.8. The predicted molar refractivity (Wildman–Crippen MR) is 179 cm³/mol. The maximum Gasteiger partial charge on any atom is 0.407 e. The summed E-state index contributed by atoms with van der Waals surface area (Å²) in [5.41, 5.74) is 10.8. The number of nitrogens with one attached hydrogen (secondary N) is 3. The number of anilines is 1. The Labute approximate surface area is 279 Å². The third kappa shape index (κ3) is 9.41. The maximum absolute atomic E-state index is 13.1. The second kappa shape index (κ2) is 16.1. The van der Waals surface area contributed by atoms with Gasteiger partial charge < -0.3 is 36.3 Å². The second-order valence-corrected chi connectivity index (χ2v) is 12.5. The number of carboxylic acids is 1. The Morgan fingerprint density at radius 1 is 0.917 bits per heavy atom. The fourth-order valence-corrected chi connectivity index (χ4v) is 5.75. The van der Waals surface area contributed by atoms with Crippen LogP contribution in [0, 0.1) is 5.41 Å². The van der Waals surface area contributed by atoms with Crippen molar-refractivity contribution in [3.8, 4) is 11.1 Å². The third-order valence-electron chi connectivity index (χ3n) is 8.33. The molecule has 0 aliphatic heterocycles. The molecule has 0 spiro atoms. The molecular formula is C36H42N4O8. The lowest BCUT2D eigenvalue weighted by Gasteiger charge is -2.23. The molecule has 0 fully saturated rings. The van der Waals surface area contributed by atoms with Crippen molar-refractivity contribution in [2.75, 3.05) is 25.6 Å². The molecule has 0 radical (unpaired) electrons. The van der Waals surface area contributed by atoms with Crippen LogP contribution in [-0.2, 0) is 35.1 Å². The molecule has 2 atom stereocenters. The molecule has 1 aliphatic rings. The molecule has 0 saturated heterocycles. The van der Waals surface area contributed by atoms with Crippen LogP contribution in [0.25, 0.3) is 11.1 Å². The zero-order valence-electron chi connectivity index (χ0n) is 27.3. The summed E-state index contributed by atoms with van der Waals surface area (Å²) in [6.07, 6.45) is -0.286. The van der Waals surface area contributed by atoms with Gasteiger partial charge in [0.15, 0.2) is 0 Å². The maximum atomic E-state index is 13.1. The number of hydrogen-bond donors (Lipinski definition) is 5. The Balaban J connectivity index is 1.29. The monoisotopic (exact) mass is 658 g/mol. The van der Waals surface area contributed by atoms with Gasteiger partial charge in [0, 0.05) is 24.1 Å². The van der Waals surface area contributed by atoms with Gasteiger partial charge in [0.2, 0.25) is 11.8 Å². The van der Waals surface area contributed by atoms with Gasteiger partial charge in [-0.2, -0.15) is 0 Å². The first-order valence-electron chi connectivity index (χ1n) is 15.7. The minimum Gasteiger partial charge on any atom is -0.481 e. The highest BCUT2D eigenvalue weighted by atomic mass is 16.5. The van der Waals surface area contributed by atoms with Crippen molar-refractivity contribution >= 4 is 35.5 Å². The summed E-state index contributed by atoms with van der Waals surface area (Å²) >= 11 is 0. The Morgan fingerprint density at radius 3 is 2.10 bits per heavy atom. The van der Waals surface area contributed by atoms with E-state index in [0.717, 1.165) is 27.8 Å². The SMILES string of the molecule is COC(=O)CCC(NC(=O)OCC1c2ccccc2-c2ccccc21)C(=O)NCC(=O)Nc1ccc(CC(N)CC(C)(C)C(=O)O)cc1. The lowest BCUT2D eigenvalue weighted by molar-refractivity contribution is -0.147. The van der Waals surface area contributed by atoms with E-state index in [2.05, 4.69) is 20.7 Å². The van der Waals surface area contributed by atoms with Crippen LogP contribution in [0.5, 0.6) is 0 Å². The Kier molecular flexibility index (Phi) is 11.9. The predicted octanol–water partition coefficient (Wildman–Crippen LogP) is 3.97. The number of ether oxygens (including phenoxy) is 2. The summed E-state index contributed by atoms with van der Waals surface area (Å²) in [6, 6.07) is 21.2. The van der Waals surface area contributed by atoms with E-state index >= 15 is 0 Å². The smallest absolute Gasteiger partial charge is 0.407 e. The first-order chi connectivity index (χ1) is 22.9. The first-order valence-corrected chi connectivity index (χ1v) is 15.7. The van der Waals surface area contributed by atoms with Gasteiger partial charge in [-0.05, 0) is 73.1 Å². The Hall–Kier alpha value is -5.23. The number of alkyl carbamates (subject to hydrolysis) is 1. The highest BCUT2D eigenvalue weighted by Crippen LogP contribution is 2.44. The van der Waals surface area contributed by atoms with Crippen LogP contribution in [0.2, 0.25) is 0 Å². The molecule has 3 amide bonds. The quantitative estimate of drug-likeness (QED) is 0.151. The molecule has 12 nitrogen and oxygen atoms in total. The minimum atomic E-state index is -1.16.